The Morgan fingerprint density at radius 1 is 1.39 bits per heavy atom. The van der Waals surface area contributed by atoms with Crippen molar-refractivity contribution in [3.8, 4) is 0 Å². The fourth-order valence-electron chi connectivity index (χ4n) is 3.92. The number of hydrogen-bond donors (Lipinski definition) is 1. The Balaban J connectivity index is 1.88. The third-order valence-corrected chi connectivity index (χ3v) is 5.05. The van der Waals surface area contributed by atoms with Crippen LogP contribution in [0.25, 0.3) is 0 Å². The molecule has 4 atom stereocenters. The van der Waals surface area contributed by atoms with Crippen LogP contribution in [0, 0.1) is 17.8 Å². The van der Waals surface area contributed by atoms with Gasteiger partial charge < -0.3 is 5.11 Å². The maximum Gasteiger partial charge on any atom is 0.100 e. The first kappa shape index (κ1) is 12.5. The minimum absolute atomic E-state index is 0.237. The molecule has 3 rings (SSSR count). The van der Waals surface area contributed by atoms with Crippen molar-refractivity contribution in [3.63, 3.8) is 0 Å². The molecule has 2 saturated carbocycles. The average molecular weight is 269 g/mol. The summed E-state index contributed by atoms with van der Waals surface area (Å²) in [7, 11) is 0. The summed E-state index contributed by atoms with van der Waals surface area (Å²) in [4.78, 5) is 0. The van der Waals surface area contributed by atoms with Crippen molar-refractivity contribution >= 4 is 11.6 Å². The molecule has 1 heterocycles. The summed E-state index contributed by atoms with van der Waals surface area (Å²) in [5.74, 6) is 1.91. The van der Waals surface area contributed by atoms with Gasteiger partial charge in [-0.25, -0.2) is 0 Å². The third kappa shape index (κ3) is 1.88. The zero-order valence-corrected chi connectivity index (χ0v) is 11.8. The highest BCUT2D eigenvalue weighted by Gasteiger charge is 2.44. The molecule has 0 saturated heterocycles. The molecule has 0 aliphatic heterocycles. The minimum atomic E-state index is -0.447. The zero-order valence-electron chi connectivity index (χ0n) is 11.0. The largest absolute Gasteiger partial charge is 0.386 e. The molecule has 4 unspecified atom stereocenters. The molecule has 3 nitrogen and oxygen atoms in total. The van der Waals surface area contributed by atoms with E-state index in [0.29, 0.717) is 16.9 Å². The predicted molar refractivity (Wildman–Crippen MR) is 71.5 cm³/mol. The topological polar surface area (TPSA) is 38.0 Å². The predicted octanol–water partition coefficient (Wildman–Crippen LogP) is 3.59. The Morgan fingerprint density at radius 3 is 2.72 bits per heavy atom. The first-order chi connectivity index (χ1) is 8.58. The van der Waals surface area contributed by atoms with E-state index in [-0.39, 0.29) is 6.04 Å². The molecule has 0 aromatic carbocycles. The van der Waals surface area contributed by atoms with Gasteiger partial charge in [0.15, 0.2) is 0 Å². The highest BCUT2D eigenvalue weighted by molar-refractivity contribution is 6.31. The SMILES string of the molecule is CC(C)n1ncc(Cl)c1C(O)C1CC2CCC1C2. The van der Waals surface area contributed by atoms with Crippen LogP contribution in [0.3, 0.4) is 0 Å². The van der Waals surface area contributed by atoms with E-state index in [2.05, 4.69) is 18.9 Å². The second-order valence-corrected chi connectivity index (χ2v) is 6.61. The molecule has 100 valence electrons. The van der Waals surface area contributed by atoms with Crippen LogP contribution in [0.5, 0.6) is 0 Å². The molecule has 0 amide bonds. The summed E-state index contributed by atoms with van der Waals surface area (Å²) in [6, 6.07) is 0.237. The first-order valence-corrected chi connectivity index (χ1v) is 7.36. The van der Waals surface area contributed by atoms with Crippen molar-refractivity contribution < 1.29 is 5.11 Å². The molecule has 2 aliphatic rings. The summed E-state index contributed by atoms with van der Waals surface area (Å²) >= 11 is 6.22. The molecule has 2 aliphatic carbocycles. The van der Waals surface area contributed by atoms with Crippen LogP contribution in [0.1, 0.15) is 57.4 Å². The highest BCUT2D eigenvalue weighted by atomic mass is 35.5. The van der Waals surface area contributed by atoms with E-state index in [1.807, 2.05) is 4.68 Å². The maximum absolute atomic E-state index is 10.7. The molecule has 1 aromatic heterocycles. The first-order valence-electron chi connectivity index (χ1n) is 6.99. The van der Waals surface area contributed by atoms with Gasteiger partial charge in [0.25, 0.3) is 0 Å². The van der Waals surface area contributed by atoms with Gasteiger partial charge in [-0.2, -0.15) is 5.10 Å². The summed E-state index contributed by atoms with van der Waals surface area (Å²) < 4.78 is 1.87. The molecule has 4 heteroatoms. The molecule has 1 N–H and O–H groups in total. The normalized spacial score (nSPS) is 32.4. The van der Waals surface area contributed by atoms with Gasteiger partial charge in [0.2, 0.25) is 0 Å². The second kappa shape index (κ2) is 4.53. The number of aromatic nitrogens is 2. The van der Waals surface area contributed by atoms with E-state index >= 15 is 0 Å². The van der Waals surface area contributed by atoms with E-state index in [1.54, 1.807) is 6.20 Å². The lowest BCUT2D eigenvalue weighted by Crippen LogP contribution is -2.22. The standard InChI is InChI=1S/C14H21ClN2O/c1-8(2)17-13(12(15)7-16-17)14(18)11-6-9-3-4-10(11)5-9/h7-11,14,18H,3-6H2,1-2H3. The lowest BCUT2D eigenvalue weighted by Gasteiger charge is -2.28. The molecule has 18 heavy (non-hydrogen) atoms. The number of aliphatic hydroxyl groups excluding tert-OH is 1. The molecular formula is C14H21ClN2O. The van der Waals surface area contributed by atoms with E-state index in [0.717, 1.165) is 18.0 Å². The van der Waals surface area contributed by atoms with Gasteiger partial charge in [0.05, 0.1) is 16.9 Å². The fourth-order valence-corrected chi connectivity index (χ4v) is 4.16. The Kier molecular flexibility index (Phi) is 3.15. The minimum Gasteiger partial charge on any atom is -0.386 e. The van der Waals surface area contributed by atoms with Crippen LogP contribution < -0.4 is 0 Å². The Labute approximate surface area is 113 Å². The number of rotatable bonds is 3. The second-order valence-electron chi connectivity index (χ2n) is 6.20. The van der Waals surface area contributed by atoms with E-state index in [9.17, 15) is 5.11 Å². The number of hydrogen-bond acceptors (Lipinski definition) is 2. The Bertz CT molecular complexity index is 443. The molecule has 1 aromatic rings. The van der Waals surface area contributed by atoms with Crippen LogP contribution in [0.15, 0.2) is 6.20 Å². The smallest absolute Gasteiger partial charge is 0.100 e. The lowest BCUT2D eigenvalue weighted by atomic mass is 9.83. The summed E-state index contributed by atoms with van der Waals surface area (Å²) in [5, 5.41) is 15.6. The van der Waals surface area contributed by atoms with Crippen molar-refractivity contribution in [1.29, 1.82) is 0 Å². The van der Waals surface area contributed by atoms with E-state index in [4.69, 9.17) is 11.6 Å². The third-order valence-electron chi connectivity index (χ3n) is 4.75. The van der Waals surface area contributed by atoms with E-state index in [1.165, 1.54) is 19.3 Å². The Hall–Kier alpha value is -0.540. The fraction of sp³-hybridized carbons (Fsp3) is 0.786. The van der Waals surface area contributed by atoms with Crippen molar-refractivity contribution in [2.24, 2.45) is 17.8 Å². The molecule has 2 bridgehead atoms. The number of halogens is 1. The van der Waals surface area contributed by atoms with Crippen molar-refractivity contribution in [2.75, 3.05) is 0 Å². The zero-order chi connectivity index (χ0) is 12.9. The van der Waals surface area contributed by atoms with Gasteiger partial charge in [-0.3, -0.25) is 4.68 Å². The number of aliphatic hydroxyl groups is 1. The van der Waals surface area contributed by atoms with Crippen molar-refractivity contribution in [3.05, 3.63) is 16.9 Å². The van der Waals surface area contributed by atoms with E-state index < -0.39 is 6.10 Å². The van der Waals surface area contributed by atoms with Gasteiger partial charge in [-0.1, -0.05) is 18.0 Å². The van der Waals surface area contributed by atoms with Gasteiger partial charge in [-0.15, -0.1) is 0 Å². The van der Waals surface area contributed by atoms with Crippen LogP contribution in [0.2, 0.25) is 5.02 Å². The van der Waals surface area contributed by atoms with Gasteiger partial charge in [0.1, 0.15) is 6.10 Å². The number of fused-ring (bicyclic) bond motifs is 2. The van der Waals surface area contributed by atoms with Crippen molar-refractivity contribution in [1.82, 2.24) is 9.78 Å². The van der Waals surface area contributed by atoms with Gasteiger partial charge in [-0.05, 0) is 50.9 Å². The van der Waals surface area contributed by atoms with Crippen LogP contribution in [-0.4, -0.2) is 14.9 Å². The number of nitrogens with zero attached hydrogens (tertiary/aromatic N) is 2. The maximum atomic E-state index is 10.7. The highest BCUT2D eigenvalue weighted by Crippen LogP contribution is 2.53. The Morgan fingerprint density at radius 2 is 2.17 bits per heavy atom. The molecular weight excluding hydrogens is 248 g/mol. The lowest BCUT2D eigenvalue weighted by molar-refractivity contribution is 0.0658. The summed E-state index contributed by atoms with van der Waals surface area (Å²) in [6.07, 6.45) is 6.30. The van der Waals surface area contributed by atoms with Crippen LogP contribution in [-0.2, 0) is 0 Å². The molecule has 2 fully saturated rings. The van der Waals surface area contributed by atoms with Gasteiger partial charge in [0, 0.05) is 6.04 Å². The summed E-state index contributed by atoms with van der Waals surface area (Å²) in [6.45, 7) is 4.14. The molecule has 0 radical (unpaired) electrons. The average Bonchev–Trinajstić information content (AvgIpc) is 3.01. The summed E-state index contributed by atoms with van der Waals surface area (Å²) in [5.41, 5.74) is 0.823. The van der Waals surface area contributed by atoms with Gasteiger partial charge >= 0.3 is 0 Å². The van der Waals surface area contributed by atoms with Crippen LogP contribution >= 0.6 is 11.6 Å². The van der Waals surface area contributed by atoms with Crippen LogP contribution in [0.4, 0.5) is 0 Å². The van der Waals surface area contributed by atoms with Crippen molar-refractivity contribution in [2.45, 2.75) is 51.7 Å². The quantitative estimate of drug-likeness (QED) is 0.910. The molecule has 0 spiro atoms. The monoisotopic (exact) mass is 268 g/mol.